The molecule has 0 unspecified atom stereocenters. The SMILES string of the molecule is Cc1ccc2c(c1)c1ncn(Cc3ccccc3)c(=O)c1n2CC(=O)NCCc1ccccc1. The first-order valence-corrected chi connectivity index (χ1v) is 11.4. The van der Waals surface area contributed by atoms with Crippen LogP contribution in [-0.4, -0.2) is 26.6 Å². The molecule has 0 saturated heterocycles. The highest BCUT2D eigenvalue weighted by Gasteiger charge is 2.18. The summed E-state index contributed by atoms with van der Waals surface area (Å²) >= 11 is 0. The van der Waals surface area contributed by atoms with Gasteiger partial charge in [0, 0.05) is 11.9 Å². The van der Waals surface area contributed by atoms with Gasteiger partial charge in [-0.1, -0.05) is 72.3 Å². The lowest BCUT2D eigenvalue weighted by molar-refractivity contribution is -0.121. The average Bonchev–Trinajstić information content (AvgIpc) is 3.15. The van der Waals surface area contributed by atoms with Crippen LogP contribution in [0.5, 0.6) is 0 Å². The minimum atomic E-state index is -0.153. The summed E-state index contributed by atoms with van der Waals surface area (Å²) in [6.45, 7) is 3.03. The molecule has 5 aromatic rings. The van der Waals surface area contributed by atoms with Crippen molar-refractivity contribution in [1.29, 1.82) is 0 Å². The number of nitrogens with one attached hydrogen (secondary N) is 1. The molecule has 2 aromatic heterocycles. The molecule has 0 aliphatic heterocycles. The molecular formula is C28H26N4O2. The van der Waals surface area contributed by atoms with Crippen molar-refractivity contribution in [2.75, 3.05) is 6.54 Å². The van der Waals surface area contributed by atoms with Gasteiger partial charge in [-0.05, 0) is 36.6 Å². The summed E-state index contributed by atoms with van der Waals surface area (Å²) in [7, 11) is 0. The molecule has 1 N–H and O–H groups in total. The van der Waals surface area contributed by atoms with Crippen molar-refractivity contribution in [1.82, 2.24) is 19.4 Å². The van der Waals surface area contributed by atoms with Crippen LogP contribution in [0.2, 0.25) is 0 Å². The largest absolute Gasteiger partial charge is 0.354 e. The molecule has 2 heterocycles. The van der Waals surface area contributed by atoms with Gasteiger partial charge in [0.25, 0.3) is 5.56 Å². The van der Waals surface area contributed by atoms with Gasteiger partial charge in [-0.25, -0.2) is 4.98 Å². The number of carbonyl (C=O) groups excluding carboxylic acids is 1. The van der Waals surface area contributed by atoms with Crippen molar-refractivity contribution in [2.24, 2.45) is 0 Å². The monoisotopic (exact) mass is 450 g/mol. The Labute approximate surface area is 197 Å². The number of benzene rings is 3. The number of rotatable bonds is 7. The topological polar surface area (TPSA) is 68.9 Å². The standard InChI is InChI=1S/C28H26N4O2/c1-20-12-13-24-23(16-20)26-27(28(34)31(19-30-26)17-22-10-6-3-7-11-22)32(24)18-25(33)29-15-14-21-8-4-2-5-9-21/h2-13,16,19H,14-15,17-18H2,1H3,(H,29,33). The predicted octanol–water partition coefficient (Wildman–Crippen LogP) is 4.07. The van der Waals surface area contributed by atoms with Crippen LogP contribution < -0.4 is 10.9 Å². The lowest BCUT2D eigenvalue weighted by Crippen LogP contribution is -2.30. The van der Waals surface area contributed by atoms with Crippen molar-refractivity contribution >= 4 is 27.8 Å². The van der Waals surface area contributed by atoms with E-state index in [1.54, 1.807) is 15.5 Å². The fraction of sp³-hybridized carbons (Fsp3) is 0.179. The summed E-state index contributed by atoms with van der Waals surface area (Å²) < 4.78 is 3.41. The molecule has 1 amide bonds. The van der Waals surface area contributed by atoms with Gasteiger partial charge in [0.15, 0.2) is 0 Å². The van der Waals surface area contributed by atoms with Crippen LogP contribution in [0.15, 0.2) is 90.0 Å². The highest BCUT2D eigenvalue weighted by molar-refractivity contribution is 6.06. The van der Waals surface area contributed by atoms with E-state index in [2.05, 4.69) is 10.3 Å². The highest BCUT2D eigenvalue weighted by atomic mass is 16.2. The Morgan fingerprint density at radius 2 is 1.65 bits per heavy atom. The van der Waals surface area contributed by atoms with Crippen LogP contribution in [0.3, 0.4) is 0 Å². The zero-order chi connectivity index (χ0) is 23.5. The lowest BCUT2D eigenvalue weighted by atomic mass is 10.1. The van der Waals surface area contributed by atoms with E-state index in [0.717, 1.165) is 28.5 Å². The Bertz CT molecular complexity index is 1520. The lowest BCUT2D eigenvalue weighted by Gasteiger charge is -2.10. The number of amides is 1. The van der Waals surface area contributed by atoms with Gasteiger partial charge in [0.1, 0.15) is 17.6 Å². The first-order valence-electron chi connectivity index (χ1n) is 11.4. The van der Waals surface area contributed by atoms with Crippen molar-refractivity contribution in [2.45, 2.75) is 26.4 Å². The average molecular weight is 451 g/mol. The second kappa shape index (κ2) is 9.35. The Balaban J connectivity index is 1.49. The molecule has 0 spiro atoms. The molecule has 5 rings (SSSR count). The fourth-order valence-electron chi connectivity index (χ4n) is 4.36. The summed E-state index contributed by atoms with van der Waals surface area (Å²) in [6.07, 6.45) is 2.36. The van der Waals surface area contributed by atoms with Crippen molar-refractivity contribution in [3.05, 3.63) is 112 Å². The van der Waals surface area contributed by atoms with Gasteiger partial charge in [0.05, 0.1) is 18.4 Å². The number of aryl methyl sites for hydroxylation is 1. The summed E-state index contributed by atoms with van der Waals surface area (Å²) in [5, 5.41) is 3.88. The second-order valence-electron chi connectivity index (χ2n) is 8.55. The van der Waals surface area contributed by atoms with E-state index < -0.39 is 0 Å². The number of carbonyl (C=O) groups is 1. The van der Waals surface area contributed by atoms with Crippen molar-refractivity contribution in [3.8, 4) is 0 Å². The minimum absolute atomic E-state index is 0.0596. The second-order valence-corrected chi connectivity index (χ2v) is 8.55. The highest BCUT2D eigenvalue weighted by Crippen LogP contribution is 2.26. The molecule has 0 radical (unpaired) electrons. The number of aromatic nitrogens is 3. The maximum Gasteiger partial charge on any atom is 0.278 e. The van der Waals surface area contributed by atoms with Crippen LogP contribution in [0, 0.1) is 6.92 Å². The minimum Gasteiger partial charge on any atom is -0.354 e. The molecule has 0 atom stereocenters. The predicted molar refractivity (Wildman–Crippen MR) is 135 cm³/mol. The maximum absolute atomic E-state index is 13.6. The van der Waals surface area contributed by atoms with Gasteiger partial charge in [0.2, 0.25) is 5.91 Å². The number of fused-ring (bicyclic) bond motifs is 3. The molecule has 0 bridgehead atoms. The van der Waals surface area contributed by atoms with Crippen molar-refractivity contribution in [3.63, 3.8) is 0 Å². The van der Waals surface area contributed by atoms with E-state index in [0.29, 0.717) is 24.1 Å². The van der Waals surface area contributed by atoms with Crippen LogP contribution in [0.1, 0.15) is 16.7 Å². The Kier molecular flexibility index (Phi) is 5.95. The van der Waals surface area contributed by atoms with E-state index in [1.807, 2.05) is 85.8 Å². The molecule has 34 heavy (non-hydrogen) atoms. The number of hydrogen-bond donors (Lipinski definition) is 1. The Hall–Kier alpha value is -4.19. The molecule has 0 aliphatic rings. The summed E-state index contributed by atoms with van der Waals surface area (Å²) in [5.41, 5.74) is 5.03. The van der Waals surface area contributed by atoms with Crippen LogP contribution >= 0.6 is 0 Å². The summed E-state index contributed by atoms with van der Waals surface area (Å²) in [6, 6.07) is 25.8. The van der Waals surface area contributed by atoms with E-state index in [9.17, 15) is 9.59 Å². The maximum atomic E-state index is 13.6. The van der Waals surface area contributed by atoms with Gasteiger partial charge in [-0.3, -0.25) is 14.2 Å². The van der Waals surface area contributed by atoms with E-state index in [1.165, 1.54) is 5.56 Å². The molecule has 0 aliphatic carbocycles. The summed E-state index contributed by atoms with van der Waals surface area (Å²) in [4.78, 5) is 31.1. The third-order valence-corrected chi connectivity index (χ3v) is 6.06. The third-order valence-electron chi connectivity index (χ3n) is 6.06. The molecule has 3 aromatic carbocycles. The van der Waals surface area contributed by atoms with E-state index in [-0.39, 0.29) is 18.0 Å². The zero-order valence-corrected chi connectivity index (χ0v) is 19.1. The Morgan fingerprint density at radius 3 is 2.38 bits per heavy atom. The molecule has 6 heteroatoms. The molecule has 0 fully saturated rings. The van der Waals surface area contributed by atoms with Crippen LogP contribution in [0.25, 0.3) is 21.9 Å². The summed E-state index contributed by atoms with van der Waals surface area (Å²) in [5.74, 6) is -0.131. The number of nitrogens with zero attached hydrogens (tertiary/aromatic N) is 3. The third kappa shape index (κ3) is 4.35. The first kappa shape index (κ1) is 21.6. The van der Waals surface area contributed by atoms with Crippen LogP contribution in [-0.2, 0) is 24.3 Å². The Morgan fingerprint density at radius 1 is 0.941 bits per heavy atom. The van der Waals surface area contributed by atoms with Gasteiger partial charge in [-0.2, -0.15) is 0 Å². The van der Waals surface area contributed by atoms with Gasteiger partial charge < -0.3 is 9.88 Å². The molecular weight excluding hydrogens is 424 g/mol. The molecule has 170 valence electrons. The van der Waals surface area contributed by atoms with Crippen molar-refractivity contribution < 1.29 is 4.79 Å². The normalized spacial score (nSPS) is 11.2. The zero-order valence-electron chi connectivity index (χ0n) is 19.1. The first-order chi connectivity index (χ1) is 16.6. The number of hydrogen-bond acceptors (Lipinski definition) is 3. The fourth-order valence-corrected chi connectivity index (χ4v) is 4.36. The smallest absolute Gasteiger partial charge is 0.278 e. The van der Waals surface area contributed by atoms with Crippen LogP contribution in [0.4, 0.5) is 0 Å². The quantitative estimate of drug-likeness (QED) is 0.406. The van der Waals surface area contributed by atoms with E-state index in [4.69, 9.17) is 0 Å². The van der Waals surface area contributed by atoms with Gasteiger partial charge >= 0.3 is 0 Å². The van der Waals surface area contributed by atoms with Gasteiger partial charge in [-0.15, -0.1) is 0 Å². The molecule has 0 saturated carbocycles. The molecule has 6 nitrogen and oxygen atoms in total. The van der Waals surface area contributed by atoms with E-state index >= 15 is 0 Å².